The number of nitrogens with one attached hydrogen (secondary N) is 2. The van der Waals surface area contributed by atoms with Gasteiger partial charge in [-0.15, -0.1) is 0 Å². The van der Waals surface area contributed by atoms with E-state index in [1.165, 1.54) is 0 Å². The van der Waals surface area contributed by atoms with Crippen molar-refractivity contribution in [3.63, 3.8) is 0 Å². The van der Waals surface area contributed by atoms with Crippen LogP contribution in [0.2, 0.25) is 0 Å². The third kappa shape index (κ3) is 3.99. The molecule has 5 heteroatoms. The standard InChI is InChI=1S/C18H17BrN2O2/c1-11-5-7-13(8-6-11)20-17(22)15-10-16(15)18(23)21-14-4-2-3-12(19)9-14/h2-9,15-16H,10H2,1H3,(H,20,22)(H,21,23). The first-order valence-corrected chi connectivity index (χ1v) is 8.26. The lowest BCUT2D eigenvalue weighted by atomic mass is 10.2. The Labute approximate surface area is 143 Å². The number of carbonyl (C=O) groups is 2. The molecule has 3 rings (SSSR count). The highest BCUT2D eigenvalue weighted by Crippen LogP contribution is 2.40. The lowest BCUT2D eigenvalue weighted by Gasteiger charge is -2.07. The number of aryl methyl sites for hydroxylation is 1. The molecule has 23 heavy (non-hydrogen) atoms. The summed E-state index contributed by atoms with van der Waals surface area (Å²) >= 11 is 3.37. The van der Waals surface area contributed by atoms with Gasteiger partial charge >= 0.3 is 0 Å². The molecule has 2 atom stereocenters. The summed E-state index contributed by atoms with van der Waals surface area (Å²) in [6, 6.07) is 15.0. The molecule has 2 aromatic carbocycles. The molecule has 2 unspecified atom stereocenters. The fraction of sp³-hybridized carbons (Fsp3) is 0.222. The van der Waals surface area contributed by atoms with Crippen molar-refractivity contribution in [2.45, 2.75) is 13.3 Å². The van der Waals surface area contributed by atoms with Crippen molar-refractivity contribution in [2.24, 2.45) is 11.8 Å². The second-order valence-corrected chi connectivity index (χ2v) is 6.72. The van der Waals surface area contributed by atoms with Crippen LogP contribution in [-0.4, -0.2) is 11.8 Å². The van der Waals surface area contributed by atoms with Crippen LogP contribution in [0.5, 0.6) is 0 Å². The van der Waals surface area contributed by atoms with Gasteiger partial charge in [-0.05, 0) is 43.7 Å². The average molecular weight is 373 g/mol. The van der Waals surface area contributed by atoms with Crippen LogP contribution in [0.25, 0.3) is 0 Å². The molecule has 2 amide bonds. The van der Waals surface area contributed by atoms with E-state index in [2.05, 4.69) is 26.6 Å². The van der Waals surface area contributed by atoms with Crippen molar-refractivity contribution in [3.05, 3.63) is 58.6 Å². The normalized spacial score (nSPS) is 19.0. The van der Waals surface area contributed by atoms with E-state index < -0.39 is 0 Å². The van der Waals surface area contributed by atoms with Gasteiger partial charge in [0.25, 0.3) is 0 Å². The first-order valence-electron chi connectivity index (χ1n) is 7.47. The van der Waals surface area contributed by atoms with Gasteiger partial charge in [-0.25, -0.2) is 0 Å². The summed E-state index contributed by atoms with van der Waals surface area (Å²) in [7, 11) is 0. The molecule has 1 aliphatic rings. The molecule has 4 nitrogen and oxygen atoms in total. The Morgan fingerprint density at radius 1 is 0.957 bits per heavy atom. The van der Waals surface area contributed by atoms with Crippen molar-refractivity contribution >= 4 is 39.1 Å². The number of rotatable bonds is 4. The second kappa shape index (κ2) is 6.54. The van der Waals surface area contributed by atoms with Gasteiger partial charge in [0.15, 0.2) is 0 Å². The molecule has 0 bridgehead atoms. The lowest BCUT2D eigenvalue weighted by molar-refractivity contribution is -0.122. The van der Waals surface area contributed by atoms with Crippen LogP contribution in [0.1, 0.15) is 12.0 Å². The van der Waals surface area contributed by atoms with Gasteiger partial charge in [0.1, 0.15) is 0 Å². The highest BCUT2D eigenvalue weighted by atomic mass is 79.9. The minimum absolute atomic E-state index is 0.0942. The van der Waals surface area contributed by atoms with Crippen LogP contribution in [0.4, 0.5) is 11.4 Å². The predicted molar refractivity (Wildman–Crippen MR) is 94.2 cm³/mol. The Kier molecular flexibility index (Phi) is 4.48. The third-order valence-corrected chi connectivity index (χ3v) is 4.37. The minimum Gasteiger partial charge on any atom is -0.326 e. The van der Waals surface area contributed by atoms with E-state index in [1.54, 1.807) is 0 Å². The maximum absolute atomic E-state index is 12.2. The van der Waals surface area contributed by atoms with Gasteiger partial charge in [0.05, 0.1) is 11.8 Å². The van der Waals surface area contributed by atoms with Gasteiger partial charge in [-0.2, -0.15) is 0 Å². The van der Waals surface area contributed by atoms with Gasteiger partial charge in [-0.3, -0.25) is 9.59 Å². The SMILES string of the molecule is Cc1ccc(NC(=O)C2CC2C(=O)Nc2cccc(Br)c2)cc1. The Bertz CT molecular complexity index is 743. The van der Waals surface area contributed by atoms with Crippen LogP contribution in [0, 0.1) is 18.8 Å². The monoisotopic (exact) mass is 372 g/mol. The molecule has 0 saturated heterocycles. The van der Waals surface area contributed by atoms with E-state index in [0.29, 0.717) is 6.42 Å². The molecule has 0 heterocycles. The molecule has 1 aliphatic carbocycles. The molecule has 0 radical (unpaired) electrons. The first-order chi connectivity index (χ1) is 11.0. The quantitative estimate of drug-likeness (QED) is 0.852. The largest absolute Gasteiger partial charge is 0.326 e. The van der Waals surface area contributed by atoms with Crippen LogP contribution in [0.3, 0.4) is 0 Å². The molecule has 0 aromatic heterocycles. The zero-order valence-corrected chi connectivity index (χ0v) is 14.3. The number of amides is 2. The van der Waals surface area contributed by atoms with Crippen LogP contribution < -0.4 is 10.6 Å². The van der Waals surface area contributed by atoms with E-state index >= 15 is 0 Å². The molecule has 1 saturated carbocycles. The minimum atomic E-state index is -0.251. The number of benzene rings is 2. The number of anilines is 2. The van der Waals surface area contributed by atoms with E-state index in [-0.39, 0.29) is 23.7 Å². The average Bonchev–Trinajstić information content (AvgIpc) is 3.30. The second-order valence-electron chi connectivity index (χ2n) is 5.80. The van der Waals surface area contributed by atoms with E-state index in [9.17, 15) is 9.59 Å². The van der Waals surface area contributed by atoms with Crippen molar-refractivity contribution in [3.8, 4) is 0 Å². The summed E-state index contributed by atoms with van der Waals surface area (Å²) in [5.74, 6) is -0.696. The topological polar surface area (TPSA) is 58.2 Å². The molecule has 0 spiro atoms. The van der Waals surface area contributed by atoms with Gasteiger partial charge in [0, 0.05) is 15.8 Å². The van der Waals surface area contributed by atoms with Gasteiger partial charge < -0.3 is 10.6 Å². The molecular formula is C18H17BrN2O2. The van der Waals surface area contributed by atoms with Crippen LogP contribution in [-0.2, 0) is 9.59 Å². The summed E-state index contributed by atoms with van der Waals surface area (Å²) in [6.07, 6.45) is 0.595. The lowest BCUT2D eigenvalue weighted by Crippen LogP contribution is -2.20. The molecule has 1 fully saturated rings. The summed E-state index contributed by atoms with van der Waals surface area (Å²) in [5.41, 5.74) is 2.63. The first kappa shape index (κ1) is 15.7. The highest BCUT2D eigenvalue weighted by Gasteiger charge is 2.48. The Hall–Kier alpha value is -2.14. The fourth-order valence-electron chi connectivity index (χ4n) is 2.45. The Balaban J connectivity index is 1.55. The molecule has 2 N–H and O–H groups in total. The molecule has 0 aliphatic heterocycles. The number of carbonyl (C=O) groups excluding carboxylic acids is 2. The number of hydrogen-bond donors (Lipinski definition) is 2. The van der Waals surface area contributed by atoms with Crippen molar-refractivity contribution in [1.82, 2.24) is 0 Å². The van der Waals surface area contributed by atoms with Crippen LogP contribution in [0.15, 0.2) is 53.0 Å². The Morgan fingerprint density at radius 2 is 1.57 bits per heavy atom. The maximum atomic E-state index is 12.2. The number of halogens is 1. The van der Waals surface area contributed by atoms with E-state index in [0.717, 1.165) is 21.4 Å². The Morgan fingerprint density at radius 3 is 2.17 bits per heavy atom. The zero-order chi connectivity index (χ0) is 16.4. The van der Waals surface area contributed by atoms with Crippen molar-refractivity contribution in [2.75, 3.05) is 10.6 Å². The predicted octanol–water partition coefficient (Wildman–Crippen LogP) is 3.97. The highest BCUT2D eigenvalue weighted by molar-refractivity contribution is 9.10. The fourth-order valence-corrected chi connectivity index (χ4v) is 2.85. The summed E-state index contributed by atoms with van der Waals surface area (Å²) < 4.78 is 0.903. The maximum Gasteiger partial charge on any atom is 0.228 e. The molecule has 2 aromatic rings. The molecule has 118 valence electrons. The smallest absolute Gasteiger partial charge is 0.228 e. The van der Waals surface area contributed by atoms with Crippen molar-refractivity contribution in [1.29, 1.82) is 0 Å². The molecular weight excluding hydrogens is 356 g/mol. The van der Waals surface area contributed by atoms with Crippen molar-refractivity contribution < 1.29 is 9.59 Å². The summed E-state index contributed by atoms with van der Waals surface area (Å²) in [4.78, 5) is 24.4. The van der Waals surface area contributed by atoms with E-state index in [4.69, 9.17) is 0 Å². The summed E-state index contributed by atoms with van der Waals surface area (Å²) in [5, 5.41) is 5.71. The number of hydrogen-bond acceptors (Lipinski definition) is 2. The van der Waals surface area contributed by atoms with Gasteiger partial charge in [-0.1, -0.05) is 39.7 Å². The van der Waals surface area contributed by atoms with Crippen LogP contribution >= 0.6 is 15.9 Å². The van der Waals surface area contributed by atoms with E-state index in [1.807, 2.05) is 55.5 Å². The third-order valence-electron chi connectivity index (χ3n) is 3.88. The van der Waals surface area contributed by atoms with Gasteiger partial charge in [0.2, 0.25) is 11.8 Å². The zero-order valence-electron chi connectivity index (χ0n) is 12.7. The summed E-state index contributed by atoms with van der Waals surface area (Å²) in [6.45, 7) is 1.99.